The fourth-order valence-electron chi connectivity index (χ4n) is 1.84. The summed E-state index contributed by atoms with van der Waals surface area (Å²) in [4.78, 5) is 24.7. The number of rotatable bonds is 4. The molecule has 0 saturated heterocycles. The minimum absolute atomic E-state index is 0.309. The van der Waals surface area contributed by atoms with Crippen LogP contribution in [0.4, 0.5) is 5.69 Å². The number of carbonyl (C=O) groups excluding carboxylic acids is 1. The lowest BCUT2D eigenvalue weighted by atomic mass is 10.1. The number of benzene rings is 2. The SMILES string of the molecule is O=C(O)CN(C(=O)c1cccc(Cl)c1)c1cccc(Cl)c1. The second-order valence-electron chi connectivity index (χ2n) is 4.28. The summed E-state index contributed by atoms with van der Waals surface area (Å²) in [5.41, 5.74) is 0.721. The van der Waals surface area contributed by atoms with Crippen molar-refractivity contribution in [3.05, 3.63) is 64.1 Å². The number of nitrogens with zero attached hydrogens (tertiary/aromatic N) is 1. The fourth-order valence-corrected chi connectivity index (χ4v) is 2.21. The van der Waals surface area contributed by atoms with E-state index in [-0.39, 0.29) is 0 Å². The molecule has 0 aromatic heterocycles. The molecule has 0 aliphatic heterocycles. The molecule has 0 fully saturated rings. The van der Waals surface area contributed by atoms with Gasteiger partial charge in [0.15, 0.2) is 0 Å². The second kappa shape index (κ2) is 6.61. The highest BCUT2D eigenvalue weighted by Crippen LogP contribution is 2.22. The quantitative estimate of drug-likeness (QED) is 0.932. The van der Waals surface area contributed by atoms with Crippen LogP contribution in [0.3, 0.4) is 0 Å². The first-order chi connectivity index (χ1) is 9.97. The van der Waals surface area contributed by atoms with Crippen molar-refractivity contribution < 1.29 is 14.7 Å². The number of amides is 1. The van der Waals surface area contributed by atoms with Crippen molar-refractivity contribution in [1.82, 2.24) is 0 Å². The van der Waals surface area contributed by atoms with Crippen molar-refractivity contribution in [1.29, 1.82) is 0 Å². The lowest BCUT2D eigenvalue weighted by molar-refractivity contribution is -0.135. The van der Waals surface area contributed by atoms with E-state index in [0.29, 0.717) is 21.3 Å². The molecule has 0 unspecified atom stereocenters. The Hall–Kier alpha value is -2.04. The van der Waals surface area contributed by atoms with E-state index >= 15 is 0 Å². The maximum atomic E-state index is 12.5. The Morgan fingerprint density at radius 2 is 1.62 bits per heavy atom. The van der Waals surface area contributed by atoms with Crippen LogP contribution in [0, 0.1) is 0 Å². The fraction of sp³-hybridized carbons (Fsp3) is 0.0667. The van der Waals surface area contributed by atoms with Gasteiger partial charge in [0, 0.05) is 21.3 Å². The lowest BCUT2D eigenvalue weighted by Crippen LogP contribution is -2.35. The van der Waals surface area contributed by atoms with Gasteiger partial charge in [-0.3, -0.25) is 14.5 Å². The maximum absolute atomic E-state index is 12.5. The van der Waals surface area contributed by atoms with Crippen molar-refractivity contribution in [2.75, 3.05) is 11.4 Å². The summed E-state index contributed by atoms with van der Waals surface area (Å²) in [6.45, 7) is -0.467. The molecule has 0 aliphatic carbocycles. The summed E-state index contributed by atoms with van der Waals surface area (Å²) >= 11 is 11.8. The molecule has 2 rings (SSSR count). The van der Waals surface area contributed by atoms with Crippen LogP contribution in [-0.2, 0) is 4.79 Å². The van der Waals surface area contributed by atoms with Gasteiger partial charge in [-0.15, -0.1) is 0 Å². The van der Waals surface area contributed by atoms with Gasteiger partial charge in [-0.05, 0) is 36.4 Å². The predicted molar refractivity (Wildman–Crippen MR) is 82.2 cm³/mol. The summed E-state index contributed by atoms with van der Waals surface area (Å²) < 4.78 is 0. The van der Waals surface area contributed by atoms with Crippen LogP contribution in [0.2, 0.25) is 10.0 Å². The number of hydrogen-bond acceptors (Lipinski definition) is 2. The van der Waals surface area contributed by atoms with Gasteiger partial charge >= 0.3 is 5.97 Å². The summed E-state index contributed by atoms with van der Waals surface area (Å²) in [5.74, 6) is -1.58. The zero-order chi connectivity index (χ0) is 15.4. The number of carboxylic acids is 1. The molecule has 6 heteroatoms. The average molecular weight is 324 g/mol. The Labute approximate surface area is 131 Å². The third-order valence-electron chi connectivity index (χ3n) is 2.73. The number of carboxylic acid groups (broad SMARTS) is 1. The van der Waals surface area contributed by atoms with E-state index in [9.17, 15) is 9.59 Å². The van der Waals surface area contributed by atoms with Crippen LogP contribution in [0.1, 0.15) is 10.4 Å². The monoisotopic (exact) mass is 323 g/mol. The van der Waals surface area contributed by atoms with Crippen LogP contribution in [0.5, 0.6) is 0 Å². The molecule has 0 radical (unpaired) electrons. The number of halogens is 2. The topological polar surface area (TPSA) is 57.6 Å². The predicted octanol–water partition coefficient (Wildman–Crippen LogP) is 3.72. The van der Waals surface area contributed by atoms with E-state index in [1.165, 1.54) is 12.1 Å². The molecule has 0 atom stereocenters. The largest absolute Gasteiger partial charge is 0.480 e. The number of aliphatic carboxylic acids is 1. The van der Waals surface area contributed by atoms with Gasteiger partial charge in [-0.1, -0.05) is 35.3 Å². The van der Waals surface area contributed by atoms with Gasteiger partial charge in [0.05, 0.1) is 0 Å². The smallest absolute Gasteiger partial charge is 0.323 e. The zero-order valence-corrected chi connectivity index (χ0v) is 12.3. The molecular weight excluding hydrogens is 313 g/mol. The van der Waals surface area contributed by atoms with E-state index in [2.05, 4.69) is 0 Å². The van der Waals surface area contributed by atoms with Crippen molar-refractivity contribution in [2.24, 2.45) is 0 Å². The molecule has 108 valence electrons. The number of hydrogen-bond donors (Lipinski definition) is 1. The third kappa shape index (κ3) is 3.97. The van der Waals surface area contributed by atoms with E-state index in [4.69, 9.17) is 28.3 Å². The maximum Gasteiger partial charge on any atom is 0.323 e. The van der Waals surface area contributed by atoms with E-state index in [1.807, 2.05) is 0 Å². The standard InChI is InChI=1S/C15H11Cl2NO3/c16-11-4-1-3-10(7-11)15(21)18(9-14(19)20)13-6-2-5-12(17)8-13/h1-8H,9H2,(H,19,20). The van der Waals surface area contributed by atoms with Crippen molar-refractivity contribution in [2.45, 2.75) is 0 Å². The molecule has 0 heterocycles. The molecular formula is C15H11Cl2NO3. The first kappa shape index (κ1) is 15.4. The first-order valence-corrected chi connectivity index (χ1v) is 6.78. The summed E-state index contributed by atoms with van der Waals surface area (Å²) in [6, 6.07) is 12.8. The van der Waals surface area contributed by atoms with Crippen LogP contribution in [-0.4, -0.2) is 23.5 Å². The Morgan fingerprint density at radius 3 is 2.19 bits per heavy atom. The third-order valence-corrected chi connectivity index (χ3v) is 3.20. The van der Waals surface area contributed by atoms with Gasteiger partial charge in [0.1, 0.15) is 6.54 Å². The highest BCUT2D eigenvalue weighted by atomic mass is 35.5. The average Bonchev–Trinajstić information content (AvgIpc) is 2.44. The van der Waals surface area contributed by atoms with E-state index in [0.717, 1.165) is 4.90 Å². The highest BCUT2D eigenvalue weighted by molar-refractivity contribution is 6.31. The van der Waals surface area contributed by atoms with Crippen molar-refractivity contribution in [3.8, 4) is 0 Å². The van der Waals surface area contributed by atoms with Crippen molar-refractivity contribution in [3.63, 3.8) is 0 Å². The number of carbonyl (C=O) groups is 2. The van der Waals surface area contributed by atoms with Crippen LogP contribution in [0.25, 0.3) is 0 Å². The summed E-state index contributed by atoms with van der Waals surface area (Å²) in [5, 5.41) is 9.84. The molecule has 0 aliphatic rings. The highest BCUT2D eigenvalue weighted by Gasteiger charge is 2.20. The molecule has 2 aromatic rings. The molecule has 2 aromatic carbocycles. The summed E-state index contributed by atoms with van der Waals surface area (Å²) in [7, 11) is 0. The molecule has 1 N–H and O–H groups in total. The Morgan fingerprint density at radius 1 is 1.00 bits per heavy atom. The second-order valence-corrected chi connectivity index (χ2v) is 5.15. The molecule has 0 bridgehead atoms. The minimum atomic E-state index is -1.12. The Balaban J connectivity index is 2.40. The molecule has 0 spiro atoms. The van der Waals surface area contributed by atoms with Crippen LogP contribution < -0.4 is 4.90 Å². The van der Waals surface area contributed by atoms with Crippen molar-refractivity contribution >= 4 is 40.8 Å². The van der Waals surface area contributed by atoms with E-state index in [1.54, 1.807) is 36.4 Å². The normalized spacial score (nSPS) is 10.2. The van der Waals surface area contributed by atoms with E-state index < -0.39 is 18.4 Å². The molecule has 21 heavy (non-hydrogen) atoms. The molecule has 4 nitrogen and oxygen atoms in total. The zero-order valence-electron chi connectivity index (χ0n) is 10.8. The Kier molecular flexibility index (Phi) is 4.83. The van der Waals surface area contributed by atoms with Crippen LogP contribution >= 0.6 is 23.2 Å². The van der Waals surface area contributed by atoms with Crippen LogP contribution in [0.15, 0.2) is 48.5 Å². The first-order valence-electron chi connectivity index (χ1n) is 6.02. The number of anilines is 1. The molecule has 1 amide bonds. The summed E-state index contributed by atoms with van der Waals surface area (Å²) in [6.07, 6.45) is 0. The Bertz CT molecular complexity index is 688. The van der Waals surface area contributed by atoms with Gasteiger partial charge in [-0.2, -0.15) is 0 Å². The van der Waals surface area contributed by atoms with Gasteiger partial charge < -0.3 is 5.11 Å². The minimum Gasteiger partial charge on any atom is -0.480 e. The lowest BCUT2D eigenvalue weighted by Gasteiger charge is -2.21. The van der Waals surface area contributed by atoms with Gasteiger partial charge in [-0.25, -0.2) is 0 Å². The molecule has 0 saturated carbocycles. The van der Waals surface area contributed by atoms with Gasteiger partial charge in [0.25, 0.3) is 5.91 Å². The van der Waals surface area contributed by atoms with Gasteiger partial charge in [0.2, 0.25) is 0 Å².